The van der Waals surface area contributed by atoms with E-state index in [2.05, 4.69) is 4.74 Å². The molecule has 7 heteroatoms. The van der Waals surface area contributed by atoms with Gasteiger partial charge in [-0.05, 0) is 13.0 Å². The van der Waals surface area contributed by atoms with Crippen LogP contribution in [0.5, 0.6) is 0 Å². The maximum absolute atomic E-state index is 12.2. The molecule has 0 aliphatic carbocycles. The molecule has 0 unspecified atom stereocenters. The predicted molar refractivity (Wildman–Crippen MR) is 80.6 cm³/mol. The van der Waals surface area contributed by atoms with E-state index in [9.17, 15) is 14.4 Å². The van der Waals surface area contributed by atoms with E-state index >= 15 is 0 Å². The average Bonchev–Trinajstić information content (AvgIpc) is 2.53. The number of piperazine rings is 1. The number of carbonyl (C=O) groups is 2. The normalized spacial score (nSPS) is 14.8. The Morgan fingerprint density at radius 1 is 1.14 bits per heavy atom. The third-order valence-electron chi connectivity index (χ3n) is 3.88. The van der Waals surface area contributed by atoms with Gasteiger partial charge in [0, 0.05) is 50.9 Å². The maximum atomic E-state index is 12.2. The highest BCUT2D eigenvalue weighted by Gasteiger charge is 2.24. The summed E-state index contributed by atoms with van der Waals surface area (Å²) in [6, 6.07) is 5.05. The van der Waals surface area contributed by atoms with Crippen LogP contribution >= 0.6 is 0 Å². The SMILES string of the molecule is COC(=O)N1CCN(C(=O)CCn2c(C)cccc2=O)CC1. The van der Waals surface area contributed by atoms with E-state index in [0.29, 0.717) is 32.7 Å². The Bertz CT molecular complexity index is 603. The van der Waals surface area contributed by atoms with E-state index in [0.717, 1.165) is 5.69 Å². The summed E-state index contributed by atoms with van der Waals surface area (Å²) in [5.41, 5.74) is 0.749. The molecule has 1 aromatic rings. The highest BCUT2D eigenvalue weighted by atomic mass is 16.5. The fraction of sp³-hybridized carbons (Fsp3) is 0.533. The molecule has 0 spiro atoms. The lowest BCUT2D eigenvalue weighted by atomic mass is 10.2. The molecule has 0 N–H and O–H groups in total. The molecule has 1 fully saturated rings. The Labute approximate surface area is 129 Å². The number of pyridine rings is 1. The van der Waals surface area contributed by atoms with Crippen molar-refractivity contribution in [2.45, 2.75) is 19.9 Å². The minimum Gasteiger partial charge on any atom is -0.453 e. The summed E-state index contributed by atoms with van der Waals surface area (Å²) in [6.07, 6.45) is -0.0817. The molecule has 1 aliphatic rings. The van der Waals surface area contributed by atoms with Crippen LogP contribution in [0, 0.1) is 6.92 Å². The number of amides is 2. The van der Waals surface area contributed by atoms with Crippen LogP contribution in [0.15, 0.2) is 23.0 Å². The first kappa shape index (κ1) is 16.1. The smallest absolute Gasteiger partial charge is 0.409 e. The molecular weight excluding hydrogens is 286 g/mol. The number of aryl methyl sites for hydroxylation is 1. The number of methoxy groups -OCH3 is 1. The van der Waals surface area contributed by atoms with Crippen LogP contribution in [0.4, 0.5) is 4.79 Å². The number of aromatic nitrogens is 1. The van der Waals surface area contributed by atoms with Crippen molar-refractivity contribution >= 4 is 12.0 Å². The van der Waals surface area contributed by atoms with Crippen LogP contribution in [0.3, 0.4) is 0 Å². The molecular formula is C15H21N3O4. The monoisotopic (exact) mass is 307 g/mol. The Morgan fingerprint density at radius 3 is 2.36 bits per heavy atom. The molecule has 0 saturated carbocycles. The van der Waals surface area contributed by atoms with Crippen LogP contribution < -0.4 is 5.56 Å². The number of hydrogen-bond donors (Lipinski definition) is 0. The molecule has 1 aromatic heterocycles. The first-order valence-electron chi connectivity index (χ1n) is 7.30. The van der Waals surface area contributed by atoms with Gasteiger partial charge in [-0.3, -0.25) is 9.59 Å². The quantitative estimate of drug-likeness (QED) is 0.813. The molecule has 0 aromatic carbocycles. The lowest BCUT2D eigenvalue weighted by Crippen LogP contribution is -2.50. The third-order valence-corrected chi connectivity index (χ3v) is 3.88. The van der Waals surface area contributed by atoms with Gasteiger partial charge in [-0.2, -0.15) is 0 Å². The van der Waals surface area contributed by atoms with Crippen LogP contribution in [-0.4, -0.2) is 59.7 Å². The molecule has 22 heavy (non-hydrogen) atoms. The molecule has 2 amide bonds. The summed E-state index contributed by atoms with van der Waals surface area (Å²) in [5.74, 6) is -0.000307. The highest BCUT2D eigenvalue weighted by molar-refractivity contribution is 5.76. The van der Waals surface area contributed by atoms with Crippen molar-refractivity contribution in [1.29, 1.82) is 0 Å². The van der Waals surface area contributed by atoms with Crippen molar-refractivity contribution < 1.29 is 14.3 Å². The van der Waals surface area contributed by atoms with Gasteiger partial charge >= 0.3 is 6.09 Å². The maximum Gasteiger partial charge on any atom is 0.409 e. The zero-order valence-corrected chi connectivity index (χ0v) is 12.9. The lowest BCUT2D eigenvalue weighted by molar-refractivity contribution is -0.133. The van der Waals surface area contributed by atoms with Crippen LogP contribution in [0.25, 0.3) is 0 Å². The summed E-state index contributed by atoms with van der Waals surface area (Å²) >= 11 is 0. The molecule has 0 bridgehead atoms. The fourth-order valence-electron chi connectivity index (χ4n) is 2.54. The summed E-state index contributed by atoms with van der Waals surface area (Å²) < 4.78 is 6.26. The second-order valence-electron chi connectivity index (χ2n) is 5.24. The highest BCUT2D eigenvalue weighted by Crippen LogP contribution is 2.06. The van der Waals surface area contributed by atoms with E-state index < -0.39 is 0 Å². The number of ether oxygens (including phenoxy) is 1. The van der Waals surface area contributed by atoms with E-state index in [1.807, 2.05) is 13.0 Å². The van der Waals surface area contributed by atoms with Gasteiger partial charge in [0.25, 0.3) is 5.56 Å². The summed E-state index contributed by atoms with van der Waals surface area (Å²) in [4.78, 5) is 38.7. The van der Waals surface area contributed by atoms with Crippen LogP contribution in [0.1, 0.15) is 12.1 Å². The number of rotatable bonds is 3. The molecule has 1 saturated heterocycles. The average molecular weight is 307 g/mol. The van der Waals surface area contributed by atoms with Gasteiger partial charge in [-0.25, -0.2) is 4.79 Å². The van der Waals surface area contributed by atoms with Crippen molar-refractivity contribution in [1.82, 2.24) is 14.4 Å². The summed E-state index contributed by atoms with van der Waals surface area (Å²) in [5, 5.41) is 0. The minimum absolute atomic E-state index is 0.000307. The van der Waals surface area contributed by atoms with E-state index in [1.54, 1.807) is 20.4 Å². The largest absolute Gasteiger partial charge is 0.453 e. The lowest BCUT2D eigenvalue weighted by Gasteiger charge is -2.34. The first-order valence-corrected chi connectivity index (χ1v) is 7.30. The van der Waals surface area contributed by atoms with Gasteiger partial charge in [0.15, 0.2) is 0 Å². The molecule has 7 nitrogen and oxygen atoms in total. The fourth-order valence-corrected chi connectivity index (χ4v) is 2.54. The van der Waals surface area contributed by atoms with Gasteiger partial charge in [-0.15, -0.1) is 0 Å². The van der Waals surface area contributed by atoms with Crippen LogP contribution in [-0.2, 0) is 16.1 Å². The van der Waals surface area contributed by atoms with Crippen molar-refractivity contribution in [2.24, 2.45) is 0 Å². The van der Waals surface area contributed by atoms with Gasteiger partial charge < -0.3 is 19.1 Å². The van der Waals surface area contributed by atoms with E-state index in [4.69, 9.17) is 0 Å². The van der Waals surface area contributed by atoms with E-state index in [1.165, 1.54) is 13.2 Å². The minimum atomic E-state index is -0.362. The third kappa shape index (κ3) is 3.66. The van der Waals surface area contributed by atoms with Gasteiger partial charge in [-0.1, -0.05) is 6.07 Å². The molecule has 2 rings (SSSR count). The summed E-state index contributed by atoms with van der Waals surface area (Å²) in [7, 11) is 1.35. The van der Waals surface area contributed by atoms with E-state index in [-0.39, 0.29) is 24.0 Å². The number of nitrogens with zero attached hydrogens (tertiary/aromatic N) is 3. The van der Waals surface area contributed by atoms with Gasteiger partial charge in [0.1, 0.15) is 0 Å². The predicted octanol–water partition coefficient (Wildman–Crippen LogP) is 0.457. The molecule has 0 radical (unpaired) electrons. The zero-order valence-electron chi connectivity index (χ0n) is 12.9. The summed E-state index contributed by atoms with van der Waals surface area (Å²) in [6.45, 7) is 4.17. The first-order chi connectivity index (χ1) is 10.5. The van der Waals surface area contributed by atoms with Crippen molar-refractivity contribution in [3.63, 3.8) is 0 Å². The van der Waals surface area contributed by atoms with Gasteiger partial charge in [0.05, 0.1) is 7.11 Å². The number of hydrogen-bond acceptors (Lipinski definition) is 4. The Kier molecular flexibility index (Phi) is 5.19. The molecule has 1 aliphatic heterocycles. The topological polar surface area (TPSA) is 71.8 Å². The van der Waals surface area contributed by atoms with Crippen molar-refractivity contribution in [3.8, 4) is 0 Å². The Hall–Kier alpha value is -2.31. The van der Waals surface area contributed by atoms with Crippen molar-refractivity contribution in [2.75, 3.05) is 33.3 Å². The number of carbonyl (C=O) groups excluding carboxylic acids is 2. The molecule has 2 heterocycles. The Balaban J connectivity index is 1.86. The second-order valence-corrected chi connectivity index (χ2v) is 5.24. The van der Waals surface area contributed by atoms with Gasteiger partial charge in [0.2, 0.25) is 5.91 Å². The van der Waals surface area contributed by atoms with Crippen molar-refractivity contribution in [3.05, 3.63) is 34.2 Å². The second kappa shape index (κ2) is 7.11. The standard InChI is InChI=1S/C15H21N3O4/c1-12-4-3-5-14(20)18(12)7-6-13(19)16-8-10-17(11-9-16)15(21)22-2/h3-5H,6-11H2,1-2H3. The Morgan fingerprint density at radius 2 is 1.77 bits per heavy atom. The van der Waals surface area contributed by atoms with Crippen LogP contribution in [0.2, 0.25) is 0 Å². The molecule has 0 atom stereocenters. The molecule has 120 valence electrons. The zero-order chi connectivity index (χ0) is 16.1.